The van der Waals surface area contributed by atoms with E-state index in [9.17, 15) is 14.7 Å². The quantitative estimate of drug-likeness (QED) is 0.521. The summed E-state index contributed by atoms with van der Waals surface area (Å²) in [7, 11) is 0. The first-order valence-electron chi connectivity index (χ1n) is 9.98. The lowest BCUT2D eigenvalue weighted by Crippen LogP contribution is -2.30. The van der Waals surface area contributed by atoms with Crippen LogP contribution < -0.4 is 10.3 Å². The molecule has 1 N–H and O–H groups in total. The van der Waals surface area contributed by atoms with Gasteiger partial charge in [-0.1, -0.05) is 18.2 Å². The Hall–Kier alpha value is -3.93. The van der Waals surface area contributed by atoms with Crippen LogP contribution in [0.1, 0.15) is 44.4 Å². The Labute approximate surface area is 178 Å². The first-order chi connectivity index (χ1) is 14.8. The van der Waals surface area contributed by atoms with Gasteiger partial charge >= 0.3 is 0 Å². The lowest BCUT2D eigenvalue weighted by Gasteiger charge is -2.24. The summed E-state index contributed by atoms with van der Waals surface area (Å²) >= 11 is 0. The van der Waals surface area contributed by atoms with E-state index < -0.39 is 11.9 Å². The third-order valence-electron chi connectivity index (χ3n) is 5.84. The number of pyridine rings is 1. The summed E-state index contributed by atoms with van der Waals surface area (Å²) in [6, 6.07) is 13.0. The molecule has 1 unspecified atom stereocenters. The average Bonchev–Trinajstić information content (AvgIpc) is 3.04. The largest absolute Gasteiger partial charge is 0.508 e. The van der Waals surface area contributed by atoms with E-state index >= 15 is 0 Å². The van der Waals surface area contributed by atoms with Crippen molar-refractivity contribution in [3.8, 4) is 5.75 Å². The van der Waals surface area contributed by atoms with Crippen molar-refractivity contribution in [2.45, 2.75) is 26.8 Å². The number of aromatic nitrogens is 1. The Morgan fingerprint density at radius 1 is 0.968 bits per heavy atom. The van der Waals surface area contributed by atoms with Gasteiger partial charge in [0.1, 0.15) is 17.2 Å². The number of hydrogen-bond acceptors (Lipinski definition) is 5. The topological polar surface area (TPSA) is 83.6 Å². The molecule has 154 valence electrons. The van der Waals surface area contributed by atoms with Crippen LogP contribution in [-0.4, -0.2) is 16.0 Å². The molecule has 31 heavy (non-hydrogen) atoms. The van der Waals surface area contributed by atoms with Crippen LogP contribution in [0.15, 0.2) is 63.9 Å². The van der Waals surface area contributed by atoms with Crippen LogP contribution in [0.3, 0.4) is 0 Å². The second kappa shape index (κ2) is 6.80. The number of carbonyl (C=O) groups is 1. The molecule has 1 atom stereocenters. The molecule has 0 aliphatic carbocycles. The van der Waals surface area contributed by atoms with E-state index in [1.54, 1.807) is 30.5 Å². The lowest BCUT2D eigenvalue weighted by atomic mass is 9.97. The fraction of sp³-hybridized carbons (Fsp3) is 0.160. The number of aromatic hydroxyl groups is 1. The molecule has 1 amide bonds. The molecule has 2 aromatic carbocycles. The molecular weight excluding hydrogens is 392 g/mol. The molecule has 6 heteroatoms. The van der Waals surface area contributed by atoms with Crippen molar-refractivity contribution >= 4 is 22.7 Å². The second-order valence-corrected chi connectivity index (χ2v) is 7.97. The molecule has 0 bridgehead atoms. The molecular formula is C25H20N2O4. The van der Waals surface area contributed by atoms with Crippen molar-refractivity contribution < 1.29 is 14.3 Å². The zero-order valence-corrected chi connectivity index (χ0v) is 17.3. The zero-order valence-electron chi connectivity index (χ0n) is 17.3. The van der Waals surface area contributed by atoms with Gasteiger partial charge < -0.3 is 9.52 Å². The number of anilines is 1. The van der Waals surface area contributed by atoms with Crippen molar-refractivity contribution in [1.29, 1.82) is 0 Å². The van der Waals surface area contributed by atoms with Gasteiger partial charge in [-0.05, 0) is 73.4 Å². The second-order valence-electron chi connectivity index (χ2n) is 7.97. The Balaban J connectivity index is 1.82. The number of benzene rings is 2. The predicted octanol–water partition coefficient (Wildman–Crippen LogP) is 4.57. The Morgan fingerprint density at radius 3 is 2.35 bits per heavy atom. The van der Waals surface area contributed by atoms with Gasteiger partial charge in [0.2, 0.25) is 5.76 Å². The first kappa shape index (κ1) is 19.1. The average molecular weight is 412 g/mol. The molecule has 5 rings (SSSR count). The number of phenolic OH excluding ortho intramolecular Hbond substituents is 1. The zero-order chi connectivity index (χ0) is 21.9. The SMILES string of the molecule is Cc1ccc(N2C(=O)c3oc4cc(C)c(C)cc4c(=O)c3C2c2ccc(O)cc2)nc1. The van der Waals surface area contributed by atoms with Gasteiger partial charge in [-0.3, -0.25) is 14.5 Å². The number of amides is 1. The lowest BCUT2D eigenvalue weighted by molar-refractivity contribution is 0.0970. The van der Waals surface area contributed by atoms with Gasteiger partial charge in [-0.2, -0.15) is 0 Å². The molecule has 0 saturated carbocycles. The van der Waals surface area contributed by atoms with Gasteiger partial charge in [-0.15, -0.1) is 0 Å². The summed E-state index contributed by atoms with van der Waals surface area (Å²) in [5, 5.41) is 10.2. The summed E-state index contributed by atoms with van der Waals surface area (Å²) in [5.74, 6) is 0.142. The maximum absolute atomic E-state index is 13.6. The summed E-state index contributed by atoms with van der Waals surface area (Å²) in [6.07, 6.45) is 1.68. The van der Waals surface area contributed by atoms with Crippen molar-refractivity contribution in [2.24, 2.45) is 0 Å². The fourth-order valence-electron chi connectivity index (χ4n) is 4.04. The number of carbonyl (C=O) groups excluding carboxylic acids is 1. The predicted molar refractivity (Wildman–Crippen MR) is 118 cm³/mol. The van der Waals surface area contributed by atoms with Crippen molar-refractivity contribution in [1.82, 2.24) is 4.98 Å². The molecule has 4 aromatic rings. The summed E-state index contributed by atoms with van der Waals surface area (Å²) in [4.78, 5) is 33.0. The van der Waals surface area contributed by atoms with E-state index in [4.69, 9.17) is 4.42 Å². The summed E-state index contributed by atoms with van der Waals surface area (Å²) in [6.45, 7) is 5.79. The van der Waals surface area contributed by atoms with Gasteiger partial charge in [-0.25, -0.2) is 4.98 Å². The smallest absolute Gasteiger partial charge is 0.296 e. The minimum absolute atomic E-state index is 0.0289. The molecule has 3 heterocycles. The standard InChI is InChI=1S/C25H20N2O4/c1-13-4-9-20(26-12-13)27-22(16-5-7-17(28)8-6-16)21-23(29)18-10-14(2)15(3)11-19(18)31-24(21)25(27)30/h4-12,22,28H,1-3H3. The van der Waals surface area contributed by atoms with Gasteiger partial charge in [0, 0.05) is 6.20 Å². The Kier molecular flexibility index (Phi) is 4.18. The Bertz CT molecular complexity index is 1400. The first-order valence-corrected chi connectivity index (χ1v) is 9.98. The van der Waals surface area contributed by atoms with Gasteiger partial charge in [0.25, 0.3) is 5.91 Å². The molecule has 1 aliphatic rings. The summed E-state index contributed by atoms with van der Waals surface area (Å²) in [5.41, 5.74) is 4.04. The number of fused-ring (bicyclic) bond motifs is 2. The highest BCUT2D eigenvalue weighted by Crippen LogP contribution is 2.41. The highest BCUT2D eigenvalue weighted by Gasteiger charge is 2.44. The van der Waals surface area contributed by atoms with E-state index in [2.05, 4.69) is 4.98 Å². The molecule has 1 aliphatic heterocycles. The highest BCUT2D eigenvalue weighted by atomic mass is 16.3. The van der Waals surface area contributed by atoms with Crippen LogP contribution in [-0.2, 0) is 0 Å². The summed E-state index contributed by atoms with van der Waals surface area (Å²) < 4.78 is 6.02. The van der Waals surface area contributed by atoms with Crippen LogP contribution >= 0.6 is 0 Å². The van der Waals surface area contributed by atoms with E-state index in [-0.39, 0.29) is 22.5 Å². The van der Waals surface area contributed by atoms with Crippen LogP contribution in [0, 0.1) is 20.8 Å². The maximum Gasteiger partial charge on any atom is 0.296 e. The third-order valence-corrected chi connectivity index (χ3v) is 5.84. The minimum Gasteiger partial charge on any atom is -0.508 e. The van der Waals surface area contributed by atoms with Gasteiger partial charge in [0.15, 0.2) is 5.43 Å². The number of nitrogens with zero attached hydrogens (tertiary/aromatic N) is 2. The number of phenols is 1. The van der Waals surface area contributed by atoms with Crippen LogP contribution in [0.5, 0.6) is 5.75 Å². The number of hydrogen-bond donors (Lipinski definition) is 1. The molecule has 0 spiro atoms. The van der Waals surface area contributed by atoms with Crippen LogP contribution in [0.2, 0.25) is 0 Å². The highest BCUT2D eigenvalue weighted by molar-refractivity contribution is 6.10. The Morgan fingerprint density at radius 2 is 1.68 bits per heavy atom. The van der Waals surface area contributed by atoms with E-state index in [1.165, 1.54) is 17.0 Å². The third kappa shape index (κ3) is 2.91. The number of rotatable bonds is 2. The van der Waals surface area contributed by atoms with E-state index in [0.717, 1.165) is 16.7 Å². The van der Waals surface area contributed by atoms with Crippen molar-refractivity contribution in [3.63, 3.8) is 0 Å². The van der Waals surface area contributed by atoms with Crippen molar-refractivity contribution in [3.05, 3.63) is 98.5 Å². The van der Waals surface area contributed by atoms with E-state index in [0.29, 0.717) is 22.4 Å². The van der Waals surface area contributed by atoms with E-state index in [1.807, 2.05) is 32.9 Å². The molecule has 0 saturated heterocycles. The monoisotopic (exact) mass is 412 g/mol. The fourth-order valence-corrected chi connectivity index (χ4v) is 4.04. The van der Waals surface area contributed by atoms with Crippen molar-refractivity contribution in [2.75, 3.05) is 4.90 Å². The van der Waals surface area contributed by atoms with Crippen LogP contribution in [0.4, 0.5) is 5.82 Å². The maximum atomic E-state index is 13.6. The molecule has 6 nitrogen and oxygen atoms in total. The molecule has 0 fully saturated rings. The minimum atomic E-state index is -0.708. The normalized spacial score (nSPS) is 15.5. The molecule has 2 aromatic heterocycles. The van der Waals surface area contributed by atoms with Gasteiger partial charge in [0.05, 0.1) is 17.0 Å². The molecule has 0 radical (unpaired) electrons. The van der Waals surface area contributed by atoms with Crippen LogP contribution in [0.25, 0.3) is 11.0 Å². The number of aryl methyl sites for hydroxylation is 3.